The lowest BCUT2D eigenvalue weighted by atomic mass is 9.81. The van der Waals surface area contributed by atoms with Crippen molar-refractivity contribution in [2.75, 3.05) is 0 Å². The molecule has 88 valence electrons. The highest BCUT2D eigenvalue weighted by molar-refractivity contribution is 5.79. The Bertz CT molecular complexity index is 356. The standard InChI is InChI=1S/C12H19N3O/c1-12(2)5-3-4-9(12)11(16)15-8-10-13-6-7-14-10/h6-7,9H,3-5,8H2,1-2H3,(H,13,14)(H,15,16). The predicted molar refractivity (Wildman–Crippen MR) is 61.6 cm³/mol. The Labute approximate surface area is 95.9 Å². The number of hydrogen-bond donors (Lipinski definition) is 2. The van der Waals surface area contributed by atoms with Crippen LogP contribution in [0.15, 0.2) is 12.4 Å². The van der Waals surface area contributed by atoms with E-state index in [9.17, 15) is 4.79 Å². The number of rotatable bonds is 3. The summed E-state index contributed by atoms with van der Waals surface area (Å²) < 4.78 is 0. The monoisotopic (exact) mass is 221 g/mol. The Kier molecular flexibility index (Phi) is 2.99. The second-order valence-corrected chi connectivity index (χ2v) is 5.19. The van der Waals surface area contributed by atoms with Crippen molar-refractivity contribution in [2.45, 2.75) is 39.7 Å². The van der Waals surface area contributed by atoms with Crippen LogP contribution in [0.5, 0.6) is 0 Å². The summed E-state index contributed by atoms with van der Waals surface area (Å²) in [6, 6.07) is 0. The predicted octanol–water partition coefficient (Wildman–Crippen LogP) is 1.85. The fourth-order valence-corrected chi connectivity index (χ4v) is 2.50. The van der Waals surface area contributed by atoms with Gasteiger partial charge in [0.1, 0.15) is 5.82 Å². The molecule has 4 heteroatoms. The molecular formula is C12H19N3O. The van der Waals surface area contributed by atoms with Gasteiger partial charge in [0.25, 0.3) is 0 Å². The Morgan fingerprint density at radius 3 is 3.06 bits per heavy atom. The molecule has 1 aromatic heterocycles. The summed E-state index contributed by atoms with van der Waals surface area (Å²) in [7, 11) is 0. The summed E-state index contributed by atoms with van der Waals surface area (Å²) >= 11 is 0. The van der Waals surface area contributed by atoms with Gasteiger partial charge in [-0.1, -0.05) is 20.3 Å². The molecule has 1 saturated carbocycles. The van der Waals surface area contributed by atoms with Gasteiger partial charge in [0.05, 0.1) is 6.54 Å². The molecule has 1 aliphatic carbocycles. The fraction of sp³-hybridized carbons (Fsp3) is 0.667. The van der Waals surface area contributed by atoms with E-state index < -0.39 is 0 Å². The zero-order chi connectivity index (χ0) is 11.6. The molecule has 1 amide bonds. The van der Waals surface area contributed by atoms with Crippen LogP contribution in [0.4, 0.5) is 0 Å². The Morgan fingerprint density at radius 1 is 1.69 bits per heavy atom. The van der Waals surface area contributed by atoms with Crippen molar-refractivity contribution in [3.8, 4) is 0 Å². The van der Waals surface area contributed by atoms with Gasteiger partial charge in [-0.2, -0.15) is 0 Å². The van der Waals surface area contributed by atoms with E-state index in [1.54, 1.807) is 12.4 Å². The number of H-pyrrole nitrogens is 1. The molecule has 2 rings (SSSR count). The number of carbonyl (C=O) groups excluding carboxylic acids is 1. The van der Waals surface area contributed by atoms with Crippen LogP contribution in [0.1, 0.15) is 38.9 Å². The molecule has 1 heterocycles. The minimum atomic E-state index is 0.146. The minimum Gasteiger partial charge on any atom is -0.349 e. The molecule has 0 spiro atoms. The van der Waals surface area contributed by atoms with Crippen LogP contribution in [-0.4, -0.2) is 15.9 Å². The Balaban J connectivity index is 1.89. The highest BCUT2D eigenvalue weighted by Gasteiger charge is 2.39. The summed E-state index contributed by atoms with van der Waals surface area (Å²) in [5.41, 5.74) is 0.146. The highest BCUT2D eigenvalue weighted by atomic mass is 16.1. The van der Waals surface area contributed by atoms with E-state index in [1.165, 1.54) is 0 Å². The number of nitrogens with zero attached hydrogens (tertiary/aromatic N) is 1. The molecule has 1 unspecified atom stereocenters. The first-order valence-electron chi connectivity index (χ1n) is 5.85. The molecular weight excluding hydrogens is 202 g/mol. The van der Waals surface area contributed by atoms with Crippen LogP contribution >= 0.6 is 0 Å². The molecule has 0 aliphatic heterocycles. The summed E-state index contributed by atoms with van der Waals surface area (Å²) in [6.45, 7) is 4.85. The molecule has 16 heavy (non-hydrogen) atoms. The largest absolute Gasteiger partial charge is 0.349 e. The van der Waals surface area contributed by atoms with Gasteiger partial charge in [-0.25, -0.2) is 4.98 Å². The van der Waals surface area contributed by atoms with Crippen LogP contribution in [0, 0.1) is 11.3 Å². The van der Waals surface area contributed by atoms with Crippen LogP contribution in [0.2, 0.25) is 0 Å². The minimum absolute atomic E-state index is 0.146. The second kappa shape index (κ2) is 4.28. The lowest BCUT2D eigenvalue weighted by Gasteiger charge is -2.25. The van der Waals surface area contributed by atoms with E-state index in [4.69, 9.17) is 0 Å². The molecule has 0 bridgehead atoms. The van der Waals surface area contributed by atoms with Gasteiger partial charge in [0.2, 0.25) is 5.91 Å². The number of carbonyl (C=O) groups is 1. The number of hydrogen-bond acceptors (Lipinski definition) is 2. The van der Waals surface area contributed by atoms with Crippen molar-refractivity contribution in [2.24, 2.45) is 11.3 Å². The van der Waals surface area contributed by atoms with Crippen LogP contribution in [0.25, 0.3) is 0 Å². The third-order valence-electron chi connectivity index (χ3n) is 3.56. The molecule has 0 saturated heterocycles. The molecule has 0 aromatic carbocycles. The maximum Gasteiger partial charge on any atom is 0.224 e. The van der Waals surface area contributed by atoms with Crippen molar-refractivity contribution in [1.82, 2.24) is 15.3 Å². The summed E-state index contributed by atoms with van der Waals surface area (Å²) in [5.74, 6) is 1.13. The van der Waals surface area contributed by atoms with Gasteiger partial charge in [0, 0.05) is 18.3 Å². The molecule has 1 fully saturated rings. The van der Waals surface area contributed by atoms with Gasteiger partial charge in [-0.05, 0) is 18.3 Å². The van der Waals surface area contributed by atoms with Gasteiger partial charge < -0.3 is 10.3 Å². The zero-order valence-electron chi connectivity index (χ0n) is 9.92. The van der Waals surface area contributed by atoms with Crippen LogP contribution in [0.3, 0.4) is 0 Å². The van der Waals surface area contributed by atoms with Crippen LogP contribution in [-0.2, 0) is 11.3 Å². The Morgan fingerprint density at radius 2 is 2.50 bits per heavy atom. The topological polar surface area (TPSA) is 57.8 Å². The summed E-state index contributed by atoms with van der Waals surface area (Å²) in [6.07, 6.45) is 6.77. The third-order valence-corrected chi connectivity index (χ3v) is 3.56. The van der Waals surface area contributed by atoms with E-state index in [-0.39, 0.29) is 17.2 Å². The Hall–Kier alpha value is -1.32. The van der Waals surface area contributed by atoms with Gasteiger partial charge in [-0.3, -0.25) is 4.79 Å². The normalized spacial score (nSPS) is 23.2. The lowest BCUT2D eigenvalue weighted by molar-refractivity contribution is -0.127. The van der Waals surface area contributed by atoms with Gasteiger partial charge in [-0.15, -0.1) is 0 Å². The van der Waals surface area contributed by atoms with E-state index in [1.807, 2.05) is 0 Å². The van der Waals surface area contributed by atoms with E-state index in [0.29, 0.717) is 6.54 Å². The lowest BCUT2D eigenvalue weighted by Crippen LogP contribution is -2.36. The number of nitrogens with one attached hydrogen (secondary N) is 2. The summed E-state index contributed by atoms with van der Waals surface area (Å²) in [5, 5.41) is 2.95. The first-order valence-corrected chi connectivity index (χ1v) is 5.85. The maximum atomic E-state index is 12.0. The molecule has 2 N–H and O–H groups in total. The number of imidazole rings is 1. The van der Waals surface area contributed by atoms with E-state index in [0.717, 1.165) is 25.1 Å². The zero-order valence-corrected chi connectivity index (χ0v) is 9.92. The maximum absolute atomic E-state index is 12.0. The van der Waals surface area contributed by atoms with Crippen molar-refractivity contribution >= 4 is 5.91 Å². The summed E-state index contributed by atoms with van der Waals surface area (Å²) in [4.78, 5) is 19.1. The molecule has 4 nitrogen and oxygen atoms in total. The smallest absolute Gasteiger partial charge is 0.224 e. The highest BCUT2D eigenvalue weighted by Crippen LogP contribution is 2.42. The molecule has 0 radical (unpaired) electrons. The average molecular weight is 221 g/mol. The first kappa shape index (κ1) is 11.2. The van der Waals surface area contributed by atoms with E-state index in [2.05, 4.69) is 29.1 Å². The first-order chi connectivity index (χ1) is 7.59. The van der Waals surface area contributed by atoms with Crippen molar-refractivity contribution in [1.29, 1.82) is 0 Å². The van der Waals surface area contributed by atoms with Crippen molar-refractivity contribution < 1.29 is 4.79 Å². The molecule has 1 atom stereocenters. The number of amides is 1. The fourth-order valence-electron chi connectivity index (χ4n) is 2.50. The van der Waals surface area contributed by atoms with E-state index >= 15 is 0 Å². The molecule has 1 aliphatic rings. The number of aromatic nitrogens is 2. The average Bonchev–Trinajstić information content (AvgIpc) is 2.83. The number of aromatic amines is 1. The van der Waals surface area contributed by atoms with Gasteiger partial charge >= 0.3 is 0 Å². The van der Waals surface area contributed by atoms with Gasteiger partial charge in [0.15, 0.2) is 0 Å². The quantitative estimate of drug-likeness (QED) is 0.818. The SMILES string of the molecule is CC1(C)CCCC1C(=O)NCc1ncc[nH]1. The van der Waals surface area contributed by atoms with Crippen molar-refractivity contribution in [3.63, 3.8) is 0 Å². The molecule has 1 aromatic rings. The second-order valence-electron chi connectivity index (χ2n) is 5.19. The van der Waals surface area contributed by atoms with Crippen molar-refractivity contribution in [3.05, 3.63) is 18.2 Å². The van der Waals surface area contributed by atoms with Crippen LogP contribution < -0.4 is 5.32 Å². The third kappa shape index (κ3) is 2.26.